The van der Waals surface area contributed by atoms with Gasteiger partial charge >= 0.3 is 0 Å². The van der Waals surface area contributed by atoms with E-state index in [0.29, 0.717) is 29.3 Å². The monoisotopic (exact) mass is 472 g/mol. The largest absolute Gasteiger partial charge is 0.485 e. The molecule has 1 fully saturated rings. The van der Waals surface area contributed by atoms with E-state index >= 15 is 0 Å². The van der Waals surface area contributed by atoms with Crippen molar-refractivity contribution in [1.29, 1.82) is 0 Å². The maximum Gasteiger partial charge on any atom is 0.264 e. The molecular formula is C18H15BrF2N2O4S. The van der Waals surface area contributed by atoms with Crippen LogP contribution in [0.15, 0.2) is 50.4 Å². The Bertz CT molecular complexity index is 1140. The molecule has 4 rings (SSSR count). The molecule has 2 N–H and O–H groups in total. The first-order valence-corrected chi connectivity index (χ1v) is 10.7. The number of furan rings is 1. The van der Waals surface area contributed by atoms with Crippen LogP contribution in [-0.4, -0.2) is 27.6 Å². The molecule has 10 heteroatoms. The lowest BCUT2D eigenvalue weighted by Gasteiger charge is -2.15. The van der Waals surface area contributed by atoms with Gasteiger partial charge in [-0.2, -0.15) is 0 Å². The Balaban J connectivity index is 1.70. The molecule has 28 heavy (non-hydrogen) atoms. The van der Waals surface area contributed by atoms with Crippen molar-refractivity contribution in [3.05, 3.63) is 52.7 Å². The van der Waals surface area contributed by atoms with Crippen molar-refractivity contribution in [1.82, 2.24) is 5.32 Å². The molecule has 0 aliphatic carbocycles. The molecule has 6 nitrogen and oxygen atoms in total. The summed E-state index contributed by atoms with van der Waals surface area (Å²) < 4.78 is 66.6. The van der Waals surface area contributed by atoms with Crippen LogP contribution in [0.2, 0.25) is 0 Å². The number of anilines is 1. The number of hydrogen-bond acceptors (Lipinski definition) is 5. The third kappa shape index (κ3) is 3.71. The molecule has 1 aliphatic heterocycles. The molecule has 0 radical (unpaired) electrons. The molecule has 0 amide bonds. The molecule has 3 aromatic rings. The standard InChI is InChI=1S/C18H15BrF2N2O4S/c19-13-7-15(21)17(8-14(13)20)28(24,25)23-11-5-10-2-4-26-18(10)16(6-11)27-12-1-3-22-9-12/h2,4-8,12,22-23H,1,3,9H2/t12-/m1/s1. The van der Waals surface area contributed by atoms with E-state index in [1.165, 1.54) is 18.4 Å². The molecule has 148 valence electrons. The fourth-order valence-electron chi connectivity index (χ4n) is 3.02. The normalized spacial score (nSPS) is 17.2. The first-order chi connectivity index (χ1) is 13.3. The Morgan fingerprint density at radius 3 is 2.79 bits per heavy atom. The van der Waals surface area contributed by atoms with Crippen LogP contribution in [0.3, 0.4) is 0 Å². The second-order valence-electron chi connectivity index (χ2n) is 6.35. The summed E-state index contributed by atoms with van der Waals surface area (Å²) in [5.41, 5.74) is 0.633. The van der Waals surface area contributed by atoms with Crippen molar-refractivity contribution < 1.29 is 26.4 Å². The lowest BCUT2D eigenvalue weighted by atomic mass is 10.2. The molecule has 0 saturated carbocycles. The van der Waals surface area contributed by atoms with E-state index in [9.17, 15) is 17.2 Å². The molecular weight excluding hydrogens is 458 g/mol. The predicted molar refractivity (Wildman–Crippen MR) is 103 cm³/mol. The maximum atomic E-state index is 14.1. The van der Waals surface area contributed by atoms with Gasteiger partial charge in [0.05, 0.1) is 16.4 Å². The van der Waals surface area contributed by atoms with E-state index in [4.69, 9.17) is 9.15 Å². The van der Waals surface area contributed by atoms with Crippen molar-refractivity contribution in [2.24, 2.45) is 0 Å². The molecule has 2 aromatic carbocycles. The van der Waals surface area contributed by atoms with Gasteiger partial charge in [0.15, 0.2) is 11.3 Å². The summed E-state index contributed by atoms with van der Waals surface area (Å²) in [4.78, 5) is -0.789. The quantitative estimate of drug-likeness (QED) is 0.548. The van der Waals surface area contributed by atoms with E-state index < -0.39 is 26.6 Å². The van der Waals surface area contributed by atoms with Gasteiger partial charge in [-0.25, -0.2) is 17.2 Å². The second kappa shape index (κ2) is 7.34. The van der Waals surface area contributed by atoms with Crippen molar-refractivity contribution in [3.8, 4) is 5.75 Å². The van der Waals surface area contributed by atoms with Gasteiger partial charge in [-0.05, 0) is 53.2 Å². The van der Waals surface area contributed by atoms with Crippen LogP contribution in [0.4, 0.5) is 14.5 Å². The number of nitrogens with one attached hydrogen (secondary N) is 2. The fraction of sp³-hybridized carbons (Fsp3) is 0.222. The third-order valence-electron chi connectivity index (χ3n) is 4.34. The van der Waals surface area contributed by atoms with Gasteiger partial charge in [0.2, 0.25) is 0 Å². The number of ether oxygens (including phenoxy) is 1. The zero-order valence-electron chi connectivity index (χ0n) is 14.3. The van der Waals surface area contributed by atoms with E-state index in [-0.39, 0.29) is 16.3 Å². The van der Waals surface area contributed by atoms with Crippen LogP contribution < -0.4 is 14.8 Å². The zero-order chi connectivity index (χ0) is 19.9. The summed E-state index contributed by atoms with van der Waals surface area (Å²) in [7, 11) is -4.36. The first kappa shape index (κ1) is 19.2. The highest BCUT2D eigenvalue weighted by Crippen LogP contribution is 2.33. The number of hydrogen-bond donors (Lipinski definition) is 2. The first-order valence-electron chi connectivity index (χ1n) is 8.39. The minimum Gasteiger partial charge on any atom is -0.485 e. The SMILES string of the molecule is O=S(=O)(Nc1cc(O[C@@H]2CCNC2)c2occc2c1)c1cc(F)c(Br)cc1F. The van der Waals surface area contributed by atoms with Gasteiger partial charge in [-0.3, -0.25) is 4.72 Å². The van der Waals surface area contributed by atoms with Crippen LogP contribution in [0, 0.1) is 11.6 Å². The zero-order valence-corrected chi connectivity index (χ0v) is 16.7. The van der Waals surface area contributed by atoms with Gasteiger partial charge < -0.3 is 14.5 Å². The van der Waals surface area contributed by atoms with Crippen LogP contribution >= 0.6 is 15.9 Å². The van der Waals surface area contributed by atoms with Gasteiger partial charge in [-0.15, -0.1) is 0 Å². The number of benzene rings is 2. The fourth-order valence-corrected chi connectivity index (χ4v) is 4.45. The van der Waals surface area contributed by atoms with Crippen LogP contribution in [-0.2, 0) is 10.0 Å². The highest BCUT2D eigenvalue weighted by molar-refractivity contribution is 9.10. The summed E-state index contributed by atoms with van der Waals surface area (Å²) in [6.07, 6.45) is 2.20. The van der Waals surface area contributed by atoms with Crippen molar-refractivity contribution in [2.75, 3.05) is 17.8 Å². The van der Waals surface area contributed by atoms with E-state index in [1.807, 2.05) is 0 Å². The smallest absolute Gasteiger partial charge is 0.264 e. The molecule has 1 aromatic heterocycles. The van der Waals surface area contributed by atoms with Crippen molar-refractivity contribution in [2.45, 2.75) is 17.4 Å². The molecule has 1 atom stereocenters. The maximum absolute atomic E-state index is 14.1. The average molecular weight is 473 g/mol. The number of sulfonamides is 1. The molecule has 1 aliphatic rings. The summed E-state index contributed by atoms with van der Waals surface area (Å²) in [6.45, 7) is 1.49. The van der Waals surface area contributed by atoms with Crippen LogP contribution in [0.1, 0.15) is 6.42 Å². The van der Waals surface area contributed by atoms with Crippen LogP contribution in [0.5, 0.6) is 5.75 Å². The predicted octanol–water partition coefficient (Wildman–Crippen LogP) is 4.02. The molecule has 0 unspecified atom stereocenters. The lowest BCUT2D eigenvalue weighted by Crippen LogP contribution is -2.20. The Labute approximate surface area is 168 Å². The molecule has 2 heterocycles. The summed E-state index contributed by atoms with van der Waals surface area (Å²) in [5.74, 6) is -1.58. The topological polar surface area (TPSA) is 80.6 Å². The highest BCUT2D eigenvalue weighted by atomic mass is 79.9. The summed E-state index contributed by atoms with van der Waals surface area (Å²) in [5, 5.41) is 3.79. The Hall–Kier alpha value is -2.17. The second-order valence-corrected chi connectivity index (χ2v) is 8.85. The van der Waals surface area contributed by atoms with E-state index in [0.717, 1.165) is 19.0 Å². The average Bonchev–Trinajstić information content (AvgIpc) is 3.29. The molecule has 0 bridgehead atoms. The number of rotatable bonds is 5. The Morgan fingerprint density at radius 2 is 2.04 bits per heavy atom. The van der Waals surface area contributed by atoms with Gasteiger partial charge in [0, 0.05) is 18.0 Å². The van der Waals surface area contributed by atoms with Crippen molar-refractivity contribution >= 4 is 42.6 Å². The van der Waals surface area contributed by atoms with Crippen LogP contribution in [0.25, 0.3) is 11.0 Å². The summed E-state index contributed by atoms with van der Waals surface area (Å²) in [6, 6.07) is 6.05. The van der Waals surface area contributed by atoms with E-state index in [1.54, 1.807) is 6.07 Å². The Kier molecular flexibility index (Phi) is 5.02. The van der Waals surface area contributed by atoms with Gasteiger partial charge in [0.25, 0.3) is 10.0 Å². The van der Waals surface area contributed by atoms with Crippen molar-refractivity contribution in [3.63, 3.8) is 0 Å². The van der Waals surface area contributed by atoms with Gasteiger partial charge in [-0.1, -0.05) is 0 Å². The molecule has 0 spiro atoms. The number of halogens is 3. The summed E-state index contributed by atoms with van der Waals surface area (Å²) >= 11 is 2.83. The van der Waals surface area contributed by atoms with Gasteiger partial charge in [0.1, 0.15) is 22.6 Å². The lowest BCUT2D eigenvalue weighted by molar-refractivity contribution is 0.223. The molecule has 1 saturated heterocycles. The highest BCUT2D eigenvalue weighted by Gasteiger charge is 2.24. The Morgan fingerprint density at radius 1 is 1.21 bits per heavy atom. The van der Waals surface area contributed by atoms with E-state index in [2.05, 4.69) is 26.0 Å². The minimum absolute atomic E-state index is 0.0711. The number of fused-ring (bicyclic) bond motifs is 1. The third-order valence-corrected chi connectivity index (χ3v) is 6.35. The minimum atomic E-state index is -4.36.